The Morgan fingerprint density at radius 2 is 2.00 bits per heavy atom. The zero-order chi connectivity index (χ0) is 19.4. The van der Waals surface area contributed by atoms with Gasteiger partial charge < -0.3 is 9.88 Å². The van der Waals surface area contributed by atoms with Crippen LogP contribution in [0, 0.1) is 0 Å². The van der Waals surface area contributed by atoms with Crippen LogP contribution in [0.25, 0.3) is 10.7 Å². The molecule has 0 aliphatic heterocycles. The first kappa shape index (κ1) is 19.4. The second-order valence-electron chi connectivity index (χ2n) is 5.41. The Labute approximate surface area is 161 Å². The van der Waals surface area contributed by atoms with Crippen molar-refractivity contribution in [2.75, 3.05) is 11.1 Å². The van der Waals surface area contributed by atoms with Gasteiger partial charge in [-0.1, -0.05) is 30.0 Å². The number of hydrogen-bond donors (Lipinski definition) is 1. The second kappa shape index (κ2) is 8.13. The highest BCUT2D eigenvalue weighted by atomic mass is 32.2. The maximum absolute atomic E-state index is 13.0. The average molecular weight is 412 g/mol. The molecule has 0 radical (unpaired) electrons. The van der Waals surface area contributed by atoms with Gasteiger partial charge in [0.05, 0.1) is 21.9 Å². The first-order chi connectivity index (χ1) is 12.9. The smallest absolute Gasteiger partial charge is 0.325 e. The van der Waals surface area contributed by atoms with Gasteiger partial charge in [0, 0.05) is 6.54 Å². The van der Waals surface area contributed by atoms with E-state index in [1.807, 2.05) is 29.0 Å². The molecule has 3 aromatic rings. The van der Waals surface area contributed by atoms with Crippen LogP contribution >= 0.6 is 23.1 Å². The topological polar surface area (TPSA) is 59.8 Å². The lowest BCUT2D eigenvalue weighted by Gasteiger charge is -2.13. The number of hydrogen-bond acceptors (Lipinski definition) is 5. The maximum atomic E-state index is 13.0. The fraction of sp³-hybridized carbons (Fsp3) is 0.235. The number of nitrogens with one attached hydrogen (secondary N) is 1. The highest BCUT2D eigenvalue weighted by molar-refractivity contribution is 7.99. The molecule has 0 aliphatic carbocycles. The van der Waals surface area contributed by atoms with Crippen molar-refractivity contribution in [1.29, 1.82) is 0 Å². The summed E-state index contributed by atoms with van der Waals surface area (Å²) in [6.07, 6.45) is -4.53. The van der Waals surface area contributed by atoms with Crippen LogP contribution in [0.1, 0.15) is 12.5 Å². The highest BCUT2D eigenvalue weighted by Gasteiger charge is 2.33. The number of thiophene rings is 1. The third-order valence-electron chi connectivity index (χ3n) is 3.61. The van der Waals surface area contributed by atoms with Crippen molar-refractivity contribution in [2.45, 2.75) is 24.8 Å². The zero-order valence-electron chi connectivity index (χ0n) is 14.2. The second-order valence-corrected chi connectivity index (χ2v) is 7.30. The molecule has 1 N–H and O–H groups in total. The molecule has 27 heavy (non-hydrogen) atoms. The third-order valence-corrected chi connectivity index (χ3v) is 5.45. The minimum Gasteiger partial charge on any atom is -0.325 e. The number of alkyl halides is 3. The van der Waals surface area contributed by atoms with Gasteiger partial charge in [0.1, 0.15) is 0 Å². The lowest BCUT2D eigenvalue weighted by Crippen LogP contribution is -2.18. The van der Waals surface area contributed by atoms with E-state index in [0.717, 1.165) is 22.7 Å². The van der Waals surface area contributed by atoms with Crippen LogP contribution in [0.4, 0.5) is 18.9 Å². The number of carbonyl (C=O) groups is 1. The molecular weight excluding hydrogens is 397 g/mol. The van der Waals surface area contributed by atoms with Gasteiger partial charge in [-0.25, -0.2) is 0 Å². The Bertz CT molecular complexity index is 923. The normalized spacial score (nSPS) is 11.6. The summed E-state index contributed by atoms with van der Waals surface area (Å²) in [5.74, 6) is 0.0900. The number of carbonyl (C=O) groups excluding carboxylic acids is 1. The standard InChI is InChI=1S/C17H15F3N4OS2/c1-2-24-15(13-8-5-9-26-13)22-23-16(24)27-10-14(25)21-12-7-4-3-6-11(12)17(18,19)20/h3-9H,2,10H2,1H3,(H,21,25). The Hall–Kier alpha value is -2.33. The van der Waals surface area contributed by atoms with Crippen LogP contribution < -0.4 is 5.32 Å². The van der Waals surface area contributed by atoms with Gasteiger partial charge in [-0.3, -0.25) is 4.79 Å². The van der Waals surface area contributed by atoms with Crippen LogP contribution in [-0.4, -0.2) is 26.4 Å². The van der Waals surface area contributed by atoms with Crippen molar-refractivity contribution in [3.8, 4) is 10.7 Å². The largest absolute Gasteiger partial charge is 0.418 e. The van der Waals surface area contributed by atoms with Crippen LogP contribution in [-0.2, 0) is 17.5 Å². The lowest BCUT2D eigenvalue weighted by molar-refractivity contribution is -0.137. The first-order valence-corrected chi connectivity index (χ1v) is 9.82. The lowest BCUT2D eigenvalue weighted by atomic mass is 10.1. The van der Waals surface area contributed by atoms with Crippen molar-refractivity contribution in [1.82, 2.24) is 14.8 Å². The molecule has 3 rings (SSSR count). The third kappa shape index (κ3) is 4.51. The van der Waals surface area contributed by atoms with Crippen LogP contribution in [0.3, 0.4) is 0 Å². The first-order valence-electron chi connectivity index (χ1n) is 7.96. The number of rotatable bonds is 6. The molecule has 10 heteroatoms. The van der Waals surface area contributed by atoms with Crippen molar-refractivity contribution in [3.63, 3.8) is 0 Å². The molecule has 0 saturated heterocycles. The molecule has 2 aromatic heterocycles. The van der Waals surface area contributed by atoms with Gasteiger partial charge >= 0.3 is 6.18 Å². The molecule has 1 amide bonds. The molecule has 0 unspecified atom stereocenters. The summed E-state index contributed by atoms with van der Waals surface area (Å²) in [6.45, 7) is 2.55. The number of aromatic nitrogens is 3. The maximum Gasteiger partial charge on any atom is 0.418 e. The molecule has 142 valence electrons. The van der Waals surface area contributed by atoms with Crippen LogP contribution in [0.2, 0.25) is 0 Å². The number of benzene rings is 1. The van der Waals surface area contributed by atoms with E-state index in [0.29, 0.717) is 17.5 Å². The number of halogens is 3. The fourth-order valence-electron chi connectivity index (χ4n) is 2.42. The molecule has 2 heterocycles. The van der Waals surface area contributed by atoms with Crippen molar-refractivity contribution in [2.24, 2.45) is 0 Å². The van der Waals surface area contributed by atoms with E-state index in [1.54, 1.807) is 0 Å². The molecule has 0 bridgehead atoms. The Morgan fingerprint density at radius 1 is 1.22 bits per heavy atom. The Morgan fingerprint density at radius 3 is 2.67 bits per heavy atom. The van der Waals surface area contributed by atoms with E-state index < -0.39 is 17.6 Å². The van der Waals surface area contributed by atoms with Gasteiger partial charge in [-0.05, 0) is 30.5 Å². The number of para-hydroxylation sites is 1. The van der Waals surface area contributed by atoms with E-state index in [1.165, 1.54) is 29.5 Å². The monoisotopic (exact) mass is 412 g/mol. The van der Waals surface area contributed by atoms with Crippen LogP contribution in [0.15, 0.2) is 46.9 Å². The molecular formula is C17H15F3N4OS2. The van der Waals surface area contributed by atoms with E-state index in [9.17, 15) is 18.0 Å². The van der Waals surface area contributed by atoms with Gasteiger partial charge in [0.25, 0.3) is 0 Å². The molecule has 0 saturated carbocycles. The number of anilines is 1. The highest BCUT2D eigenvalue weighted by Crippen LogP contribution is 2.34. The molecule has 0 aliphatic rings. The summed E-state index contributed by atoms with van der Waals surface area (Å²) < 4.78 is 40.9. The minimum atomic E-state index is -4.53. The minimum absolute atomic E-state index is 0.0746. The van der Waals surface area contributed by atoms with Gasteiger partial charge in [0.15, 0.2) is 11.0 Å². The molecule has 0 fully saturated rings. The quantitative estimate of drug-likeness (QED) is 0.592. The summed E-state index contributed by atoms with van der Waals surface area (Å²) in [7, 11) is 0. The molecule has 0 spiro atoms. The number of thioether (sulfide) groups is 1. The van der Waals surface area contributed by atoms with Gasteiger partial charge in [-0.2, -0.15) is 13.2 Å². The number of amides is 1. The van der Waals surface area contributed by atoms with E-state index >= 15 is 0 Å². The fourth-order valence-corrected chi connectivity index (χ4v) is 3.94. The molecule has 0 atom stereocenters. The van der Waals surface area contributed by atoms with E-state index in [2.05, 4.69) is 15.5 Å². The summed E-state index contributed by atoms with van der Waals surface area (Å²) in [4.78, 5) is 13.1. The molecule has 5 nitrogen and oxygen atoms in total. The summed E-state index contributed by atoms with van der Waals surface area (Å²) in [5, 5.41) is 13.1. The predicted molar refractivity (Wildman–Crippen MR) is 99.8 cm³/mol. The van der Waals surface area contributed by atoms with Crippen molar-refractivity contribution in [3.05, 3.63) is 47.3 Å². The Kier molecular flexibility index (Phi) is 5.85. The van der Waals surface area contributed by atoms with Crippen LogP contribution in [0.5, 0.6) is 0 Å². The average Bonchev–Trinajstić information content (AvgIpc) is 3.28. The zero-order valence-corrected chi connectivity index (χ0v) is 15.8. The van der Waals surface area contributed by atoms with E-state index in [4.69, 9.17) is 0 Å². The van der Waals surface area contributed by atoms with Crippen molar-refractivity contribution >= 4 is 34.7 Å². The van der Waals surface area contributed by atoms with Crippen molar-refractivity contribution < 1.29 is 18.0 Å². The van der Waals surface area contributed by atoms with Gasteiger partial charge in [-0.15, -0.1) is 21.5 Å². The molecule has 1 aromatic carbocycles. The summed E-state index contributed by atoms with van der Waals surface area (Å²) in [5.41, 5.74) is -1.13. The summed E-state index contributed by atoms with van der Waals surface area (Å²) in [6, 6.07) is 8.73. The summed E-state index contributed by atoms with van der Waals surface area (Å²) >= 11 is 2.66. The van der Waals surface area contributed by atoms with Gasteiger partial charge in [0.2, 0.25) is 5.91 Å². The van der Waals surface area contributed by atoms with E-state index in [-0.39, 0.29) is 11.4 Å². The Balaban J connectivity index is 1.69. The SMILES string of the molecule is CCn1c(SCC(=O)Nc2ccccc2C(F)(F)F)nnc1-c1cccs1. The number of nitrogens with zero attached hydrogens (tertiary/aromatic N) is 3. The predicted octanol–water partition coefficient (Wildman–Crippen LogP) is 4.78.